The Balaban J connectivity index is 3.92. The Morgan fingerprint density at radius 2 is 1.93 bits per heavy atom. The van der Waals surface area contributed by atoms with Crippen molar-refractivity contribution >= 4 is 18.0 Å². The number of amides is 1. The summed E-state index contributed by atoms with van der Waals surface area (Å²) < 4.78 is 0. The fourth-order valence-electron chi connectivity index (χ4n) is 0.910. The van der Waals surface area contributed by atoms with Crippen LogP contribution in [0.1, 0.15) is 12.8 Å². The highest BCUT2D eigenvalue weighted by molar-refractivity contribution is 5.79. The molecule has 8 heteroatoms. The van der Waals surface area contributed by atoms with E-state index in [0.717, 1.165) is 0 Å². The Hall–Kier alpha value is -1.99. The molecule has 86 valence electrons. The number of aliphatic imine (C=N–C) groups is 1. The number of carboxylic acid groups (broad SMARTS) is 2. The predicted molar refractivity (Wildman–Crippen MR) is 52.5 cm³/mol. The minimum absolute atomic E-state index is 0.0759. The average Bonchev–Trinajstić information content (AvgIpc) is 2.08. The van der Waals surface area contributed by atoms with E-state index in [-0.39, 0.29) is 18.9 Å². The maximum atomic E-state index is 10.6. The first-order chi connectivity index (χ1) is 6.93. The Morgan fingerprint density at radius 3 is 2.33 bits per heavy atom. The second-order valence-corrected chi connectivity index (χ2v) is 2.79. The van der Waals surface area contributed by atoms with Crippen molar-refractivity contribution in [3.05, 3.63) is 0 Å². The zero-order valence-electron chi connectivity index (χ0n) is 8.01. The molecule has 0 spiro atoms. The molecule has 0 aromatic carbocycles. The van der Waals surface area contributed by atoms with Crippen molar-refractivity contribution in [2.75, 3.05) is 6.54 Å². The van der Waals surface area contributed by atoms with Crippen LogP contribution in [0.25, 0.3) is 0 Å². The highest BCUT2D eigenvalue weighted by Gasteiger charge is 2.18. The molecule has 0 heterocycles. The number of guanidine groups is 1. The number of aliphatic carboxylic acids is 1. The molecule has 0 bridgehead atoms. The van der Waals surface area contributed by atoms with Crippen LogP contribution >= 0.6 is 0 Å². The van der Waals surface area contributed by atoms with Gasteiger partial charge in [-0.1, -0.05) is 0 Å². The summed E-state index contributed by atoms with van der Waals surface area (Å²) in [5, 5.41) is 18.8. The van der Waals surface area contributed by atoms with E-state index in [9.17, 15) is 9.59 Å². The van der Waals surface area contributed by atoms with E-state index in [0.29, 0.717) is 6.42 Å². The molecule has 0 aliphatic carbocycles. The SMILES string of the molecule is NC(N)=NCCC[C@H](NC(=O)O)C(=O)O. The van der Waals surface area contributed by atoms with Gasteiger partial charge in [-0.05, 0) is 12.8 Å². The first-order valence-corrected chi connectivity index (χ1v) is 4.21. The lowest BCUT2D eigenvalue weighted by Crippen LogP contribution is -2.40. The molecule has 0 unspecified atom stereocenters. The lowest BCUT2D eigenvalue weighted by Gasteiger charge is -2.10. The molecule has 8 nitrogen and oxygen atoms in total. The van der Waals surface area contributed by atoms with Crippen LogP contribution in [-0.2, 0) is 4.79 Å². The van der Waals surface area contributed by atoms with Gasteiger partial charge < -0.3 is 27.0 Å². The van der Waals surface area contributed by atoms with Crippen molar-refractivity contribution in [2.24, 2.45) is 16.5 Å². The van der Waals surface area contributed by atoms with E-state index in [1.807, 2.05) is 5.32 Å². The van der Waals surface area contributed by atoms with Crippen molar-refractivity contribution in [2.45, 2.75) is 18.9 Å². The van der Waals surface area contributed by atoms with Gasteiger partial charge in [-0.2, -0.15) is 0 Å². The van der Waals surface area contributed by atoms with Gasteiger partial charge in [-0.25, -0.2) is 9.59 Å². The van der Waals surface area contributed by atoms with Gasteiger partial charge in [-0.3, -0.25) is 4.99 Å². The van der Waals surface area contributed by atoms with E-state index >= 15 is 0 Å². The van der Waals surface area contributed by atoms with Gasteiger partial charge in [0.15, 0.2) is 5.96 Å². The zero-order chi connectivity index (χ0) is 11.8. The maximum absolute atomic E-state index is 10.6. The van der Waals surface area contributed by atoms with Crippen LogP contribution in [0, 0.1) is 0 Å². The van der Waals surface area contributed by atoms with Gasteiger partial charge in [0.05, 0.1) is 0 Å². The van der Waals surface area contributed by atoms with Crippen molar-refractivity contribution in [1.82, 2.24) is 5.32 Å². The lowest BCUT2D eigenvalue weighted by atomic mass is 10.1. The third-order valence-electron chi connectivity index (χ3n) is 1.54. The molecule has 0 aliphatic heterocycles. The fourth-order valence-corrected chi connectivity index (χ4v) is 0.910. The molecule has 0 aromatic heterocycles. The van der Waals surface area contributed by atoms with Crippen molar-refractivity contribution in [3.63, 3.8) is 0 Å². The Kier molecular flexibility index (Phi) is 5.60. The lowest BCUT2D eigenvalue weighted by molar-refractivity contribution is -0.139. The second-order valence-electron chi connectivity index (χ2n) is 2.79. The van der Waals surface area contributed by atoms with E-state index in [2.05, 4.69) is 4.99 Å². The molecule has 0 saturated heterocycles. The van der Waals surface area contributed by atoms with Crippen LogP contribution in [0.3, 0.4) is 0 Å². The Bertz CT molecular complexity index is 262. The van der Waals surface area contributed by atoms with Crippen LogP contribution in [0.15, 0.2) is 4.99 Å². The number of carboxylic acids is 1. The van der Waals surface area contributed by atoms with E-state index in [1.165, 1.54) is 0 Å². The average molecular weight is 218 g/mol. The highest BCUT2D eigenvalue weighted by atomic mass is 16.4. The quantitative estimate of drug-likeness (QED) is 0.214. The summed E-state index contributed by atoms with van der Waals surface area (Å²) >= 11 is 0. The van der Waals surface area contributed by atoms with Crippen molar-refractivity contribution < 1.29 is 19.8 Å². The highest BCUT2D eigenvalue weighted by Crippen LogP contribution is 1.98. The summed E-state index contributed by atoms with van der Waals surface area (Å²) in [6.45, 7) is 0.271. The zero-order valence-corrected chi connectivity index (χ0v) is 8.01. The minimum Gasteiger partial charge on any atom is -0.480 e. The molecule has 0 radical (unpaired) electrons. The van der Waals surface area contributed by atoms with Gasteiger partial charge in [0.25, 0.3) is 0 Å². The Labute approximate surface area is 86.0 Å². The first kappa shape index (κ1) is 13.0. The largest absolute Gasteiger partial charge is 0.480 e. The second kappa shape index (κ2) is 6.46. The number of rotatable bonds is 6. The molecule has 0 fully saturated rings. The number of hydrogen-bond acceptors (Lipinski definition) is 3. The molecule has 1 atom stereocenters. The van der Waals surface area contributed by atoms with Gasteiger partial charge in [0.1, 0.15) is 6.04 Å². The third-order valence-corrected chi connectivity index (χ3v) is 1.54. The van der Waals surface area contributed by atoms with Crippen LogP contribution in [0.2, 0.25) is 0 Å². The van der Waals surface area contributed by atoms with Gasteiger partial charge in [0, 0.05) is 6.54 Å². The summed E-state index contributed by atoms with van der Waals surface area (Å²) in [6.07, 6.45) is -0.850. The molecule has 0 aliphatic rings. The predicted octanol–water partition coefficient (Wildman–Crippen LogP) is -1.24. The number of hydrogen-bond donors (Lipinski definition) is 5. The summed E-state index contributed by atoms with van der Waals surface area (Å²) in [4.78, 5) is 24.4. The normalized spacial score (nSPS) is 11.5. The Morgan fingerprint density at radius 1 is 1.33 bits per heavy atom. The van der Waals surface area contributed by atoms with Gasteiger partial charge in [-0.15, -0.1) is 0 Å². The third kappa shape index (κ3) is 7.11. The molecule has 15 heavy (non-hydrogen) atoms. The van der Waals surface area contributed by atoms with E-state index in [1.54, 1.807) is 0 Å². The minimum atomic E-state index is -1.37. The smallest absolute Gasteiger partial charge is 0.405 e. The number of nitrogens with one attached hydrogen (secondary N) is 1. The summed E-state index contributed by atoms with van der Waals surface area (Å²) in [6, 6.07) is -1.13. The summed E-state index contributed by atoms with van der Waals surface area (Å²) in [5.74, 6) is -1.30. The molecule has 7 N–H and O–H groups in total. The maximum Gasteiger partial charge on any atom is 0.405 e. The van der Waals surface area contributed by atoms with Crippen LogP contribution in [-0.4, -0.2) is 40.8 Å². The van der Waals surface area contributed by atoms with Crippen LogP contribution < -0.4 is 16.8 Å². The van der Waals surface area contributed by atoms with Crippen LogP contribution in [0.4, 0.5) is 4.79 Å². The molecule has 1 amide bonds. The summed E-state index contributed by atoms with van der Waals surface area (Å²) in [5.41, 5.74) is 10.1. The summed E-state index contributed by atoms with van der Waals surface area (Å²) in [7, 11) is 0. The standard InChI is InChI=1S/C7H14N4O4/c8-6(9)10-3-1-2-4(5(12)13)11-7(14)15/h4,11H,1-3H2,(H,12,13)(H,14,15)(H4,8,9,10)/t4-/m0/s1. The fraction of sp³-hybridized carbons (Fsp3) is 0.571. The molecule has 0 saturated carbocycles. The van der Waals surface area contributed by atoms with E-state index < -0.39 is 18.1 Å². The van der Waals surface area contributed by atoms with Crippen molar-refractivity contribution in [3.8, 4) is 0 Å². The first-order valence-electron chi connectivity index (χ1n) is 4.21. The molecular formula is C7H14N4O4. The van der Waals surface area contributed by atoms with Gasteiger partial charge in [0.2, 0.25) is 0 Å². The monoisotopic (exact) mass is 218 g/mol. The molecule has 0 rings (SSSR count). The topological polar surface area (TPSA) is 151 Å². The number of carbonyl (C=O) groups is 2. The van der Waals surface area contributed by atoms with E-state index in [4.69, 9.17) is 21.7 Å². The molecule has 0 aromatic rings. The van der Waals surface area contributed by atoms with Crippen molar-refractivity contribution in [1.29, 1.82) is 0 Å². The van der Waals surface area contributed by atoms with Gasteiger partial charge >= 0.3 is 12.1 Å². The molecular weight excluding hydrogens is 204 g/mol. The number of nitrogens with two attached hydrogens (primary N) is 2. The van der Waals surface area contributed by atoms with Crippen LogP contribution in [0.5, 0.6) is 0 Å². The number of nitrogens with zero attached hydrogens (tertiary/aromatic N) is 1.